The number of aryl methyl sites for hydroxylation is 3. The lowest BCUT2D eigenvalue weighted by Gasteiger charge is -2.08. The summed E-state index contributed by atoms with van der Waals surface area (Å²) in [5, 5.41) is 4.15. The number of aromatic nitrogens is 3. The van der Waals surface area contributed by atoms with E-state index in [0.717, 1.165) is 18.8 Å². The summed E-state index contributed by atoms with van der Waals surface area (Å²) in [7, 11) is 0. The summed E-state index contributed by atoms with van der Waals surface area (Å²) in [5.41, 5.74) is 8.89. The lowest BCUT2D eigenvalue weighted by molar-refractivity contribution is 0.522. The molecule has 2 heterocycles. The Balaban J connectivity index is 2.05. The van der Waals surface area contributed by atoms with Crippen molar-refractivity contribution in [2.24, 2.45) is 0 Å². The molecule has 0 atom stereocenters. The average Bonchev–Trinajstić information content (AvgIpc) is 2.73. The molecule has 0 radical (unpaired) electrons. The number of hydrogen-bond donors (Lipinski definition) is 1. The molecule has 2 aromatic heterocycles. The summed E-state index contributed by atoms with van der Waals surface area (Å²) in [5.74, 6) is 0. The Morgan fingerprint density at radius 2 is 1.87 bits per heavy atom. The van der Waals surface area contributed by atoms with E-state index in [9.17, 15) is 0 Å². The molecule has 0 saturated heterocycles. The molecule has 2 N–H and O–H groups in total. The SMILES string of the molecule is Cc1ccc(C)n1CCn1cc(N)cn1. The molecule has 2 aromatic rings. The Bertz CT molecular complexity index is 433. The number of hydrogen-bond acceptors (Lipinski definition) is 2. The van der Waals surface area contributed by atoms with Gasteiger partial charge in [0.1, 0.15) is 0 Å². The van der Waals surface area contributed by atoms with Gasteiger partial charge in [0.2, 0.25) is 0 Å². The van der Waals surface area contributed by atoms with Crippen LogP contribution in [0.2, 0.25) is 0 Å². The molecule has 4 nitrogen and oxygen atoms in total. The molecule has 0 aromatic carbocycles. The molecule has 15 heavy (non-hydrogen) atoms. The molecular weight excluding hydrogens is 188 g/mol. The summed E-state index contributed by atoms with van der Waals surface area (Å²) >= 11 is 0. The van der Waals surface area contributed by atoms with Crippen molar-refractivity contribution < 1.29 is 0 Å². The molecule has 0 saturated carbocycles. The molecule has 0 spiro atoms. The van der Waals surface area contributed by atoms with E-state index in [4.69, 9.17) is 5.73 Å². The van der Waals surface area contributed by atoms with Gasteiger partial charge in [-0.25, -0.2) is 0 Å². The maximum atomic E-state index is 5.60. The van der Waals surface area contributed by atoms with Crippen LogP contribution in [0.25, 0.3) is 0 Å². The molecule has 2 rings (SSSR count). The summed E-state index contributed by atoms with van der Waals surface area (Å²) in [6, 6.07) is 4.26. The summed E-state index contributed by atoms with van der Waals surface area (Å²) in [6.07, 6.45) is 3.53. The van der Waals surface area contributed by atoms with Crippen LogP contribution >= 0.6 is 0 Å². The molecule has 0 amide bonds. The van der Waals surface area contributed by atoms with Crippen LogP contribution in [0.3, 0.4) is 0 Å². The molecule has 0 bridgehead atoms. The van der Waals surface area contributed by atoms with Crippen molar-refractivity contribution in [1.29, 1.82) is 0 Å². The number of nitrogens with zero attached hydrogens (tertiary/aromatic N) is 3. The lowest BCUT2D eigenvalue weighted by Crippen LogP contribution is -2.09. The monoisotopic (exact) mass is 204 g/mol. The van der Waals surface area contributed by atoms with Gasteiger partial charge in [-0.3, -0.25) is 4.68 Å². The Labute approximate surface area is 89.3 Å². The first-order valence-corrected chi connectivity index (χ1v) is 5.07. The standard InChI is InChI=1S/C11H16N4/c1-9-3-4-10(2)15(9)6-5-14-8-11(12)7-13-14/h3-4,7-8H,5-6,12H2,1-2H3. The van der Waals surface area contributed by atoms with Crippen molar-refractivity contribution >= 4 is 5.69 Å². The Morgan fingerprint density at radius 3 is 2.40 bits per heavy atom. The van der Waals surface area contributed by atoms with E-state index in [1.807, 2.05) is 10.9 Å². The Morgan fingerprint density at radius 1 is 1.20 bits per heavy atom. The van der Waals surface area contributed by atoms with Crippen LogP contribution in [0, 0.1) is 13.8 Å². The number of nitrogen functional groups attached to an aromatic ring is 1. The molecule has 0 aliphatic rings. The van der Waals surface area contributed by atoms with Gasteiger partial charge in [0, 0.05) is 24.1 Å². The second-order valence-corrected chi connectivity index (χ2v) is 3.80. The van der Waals surface area contributed by atoms with E-state index >= 15 is 0 Å². The van der Waals surface area contributed by atoms with Crippen LogP contribution < -0.4 is 5.73 Å². The summed E-state index contributed by atoms with van der Waals surface area (Å²) in [4.78, 5) is 0. The number of rotatable bonds is 3. The second-order valence-electron chi connectivity index (χ2n) is 3.80. The van der Waals surface area contributed by atoms with Crippen molar-refractivity contribution in [2.75, 3.05) is 5.73 Å². The van der Waals surface area contributed by atoms with Gasteiger partial charge in [-0.1, -0.05) is 0 Å². The van der Waals surface area contributed by atoms with Gasteiger partial charge in [-0.2, -0.15) is 5.10 Å². The molecule has 4 heteroatoms. The first-order chi connectivity index (χ1) is 7.16. The smallest absolute Gasteiger partial charge is 0.0719 e. The fourth-order valence-corrected chi connectivity index (χ4v) is 1.76. The van der Waals surface area contributed by atoms with E-state index in [0.29, 0.717) is 0 Å². The number of anilines is 1. The van der Waals surface area contributed by atoms with E-state index in [2.05, 4.69) is 35.6 Å². The van der Waals surface area contributed by atoms with Crippen molar-refractivity contribution in [1.82, 2.24) is 14.3 Å². The third-order valence-electron chi connectivity index (χ3n) is 2.62. The van der Waals surface area contributed by atoms with Crippen LogP contribution in [0.1, 0.15) is 11.4 Å². The van der Waals surface area contributed by atoms with Crippen molar-refractivity contribution in [3.63, 3.8) is 0 Å². The van der Waals surface area contributed by atoms with Crippen LogP contribution in [-0.2, 0) is 13.1 Å². The molecule has 0 aliphatic carbocycles. The minimum Gasteiger partial charge on any atom is -0.396 e. The topological polar surface area (TPSA) is 48.8 Å². The maximum Gasteiger partial charge on any atom is 0.0719 e. The van der Waals surface area contributed by atoms with Crippen LogP contribution in [0.4, 0.5) is 5.69 Å². The predicted octanol–water partition coefficient (Wildman–Crippen LogP) is 1.58. The van der Waals surface area contributed by atoms with Gasteiger partial charge in [-0.15, -0.1) is 0 Å². The zero-order chi connectivity index (χ0) is 10.8. The molecular formula is C11H16N4. The largest absolute Gasteiger partial charge is 0.396 e. The lowest BCUT2D eigenvalue weighted by atomic mass is 10.5. The highest BCUT2D eigenvalue weighted by Crippen LogP contribution is 2.07. The first-order valence-electron chi connectivity index (χ1n) is 5.07. The highest BCUT2D eigenvalue weighted by molar-refractivity contribution is 5.30. The summed E-state index contributed by atoms with van der Waals surface area (Å²) < 4.78 is 4.14. The predicted molar refractivity (Wildman–Crippen MR) is 60.5 cm³/mol. The minimum atomic E-state index is 0.718. The van der Waals surface area contributed by atoms with E-state index in [1.165, 1.54) is 11.4 Å². The van der Waals surface area contributed by atoms with Gasteiger partial charge < -0.3 is 10.3 Å². The molecule has 80 valence electrons. The first kappa shape index (κ1) is 9.83. The fourth-order valence-electron chi connectivity index (χ4n) is 1.76. The zero-order valence-corrected chi connectivity index (χ0v) is 9.14. The highest BCUT2D eigenvalue weighted by atomic mass is 15.3. The Kier molecular flexibility index (Phi) is 2.49. The third-order valence-corrected chi connectivity index (χ3v) is 2.62. The van der Waals surface area contributed by atoms with Gasteiger partial charge in [-0.05, 0) is 26.0 Å². The highest BCUT2D eigenvalue weighted by Gasteiger charge is 2.01. The average molecular weight is 204 g/mol. The van der Waals surface area contributed by atoms with Gasteiger partial charge >= 0.3 is 0 Å². The van der Waals surface area contributed by atoms with Crippen LogP contribution in [0.15, 0.2) is 24.5 Å². The van der Waals surface area contributed by atoms with Crippen LogP contribution in [0.5, 0.6) is 0 Å². The summed E-state index contributed by atoms with van der Waals surface area (Å²) in [6.45, 7) is 6.02. The fraction of sp³-hybridized carbons (Fsp3) is 0.364. The molecule has 0 unspecified atom stereocenters. The van der Waals surface area contributed by atoms with Gasteiger partial charge in [0.15, 0.2) is 0 Å². The molecule has 0 aliphatic heterocycles. The second kappa shape index (κ2) is 3.81. The quantitative estimate of drug-likeness (QED) is 0.825. The Hall–Kier alpha value is -1.71. The van der Waals surface area contributed by atoms with E-state index < -0.39 is 0 Å². The van der Waals surface area contributed by atoms with E-state index in [1.54, 1.807) is 6.20 Å². The van der Waals surface area contributed by atoms with Crippen molar-refractivity contribution in [3.8, 4) is 0 Å². The van der Waals surface area contributed by atoms with E-state index in [-0.39, 0.29) is 0 Å². The van der Waals surface area contributed by atoms with Crippen molar-refractivity contribution in [3.05, 3.63) is 35.9 Å². The van der Waals surface area contributed by atoms with Crippen molar-refractivity contribution in [2.45, 2.75) is 26.9 Å². The third kappa shape index (κ3) is 2.03. The normalized spacial score (nSPS) is 10.8. The maximum absolute atomic E-state index is 5.60. The minimum absolute atomic E-state index is 0.718. The van der Waals surface area contributed by atoms with Gasteiger partial charge in [0.05, 0.1) is 18.4 Å². The van der Waals surface area contributed by atoms with Gasteiger partial charge in [0.25, 0.3) is 0 Å². The van der Waals surface area contributed by atoms with Crippen LogP contribution in [-0.4, -0.2) is 14.3 Å². The zero-order valence-electron chi connectivity index (χ0n) is 9.14. The molecule has 0 fully saturated rings. The number of nitrogens with two attached hydrogens (primary N) is 1.